The van der Waals surface area contributed by atoms with Crippen molar-refractivity contribution in [3.63, 3.8) is 0 Å². The van der Waals surface area contributed by atoms with Crippen LogP contribution in [-0.4, -0.2) is 59.5 Å². The molecule has 1 heterocycles. The normalized spacial score (nSPS) is 10.8. The largest absolute Gasteiger partial charge is 0.383 e. The first-order valence-electron chi connectivity index (χ1n) is 10.7. The quantitative estimate of drug-likeness (QED) is 0.535. The molecule has 0 spiro atoms. The molecule has 0 aliphatic rings. The molecule has 0 N–H and O–H groups in total. The number of benzene rings is 1. The van der Waals surface area contributed by atoms with E-state index < -0.39 is 0 Å². The zero-order valence-corrected chi connectivity index (χ0v) is 18.8. The Morgan fingerprint density at radius 3 is 2.57 bits per heavy atom. The van der Waals surface area contributed by atoms with Crippen LogP contribution < -0.4 is 0 Å². The monoisotopic (exact) mass is 413 g/mol. The number of unbranched alkanes of at least 4 members (excludes halogenated alkanes) is 1. The Bertz CT molecular complexity index is 816. The summed E-state index contributed by atoms with van der Waals surface area (Å²) in [4.78, 5) is 28.4. The molecule has 6 nitrogen and oxygen atoms in total. The number of ether oxygens (including phenoxy) is 1. The maximum atomic E-state index is 13.0. The number of carbonyl (C=O) groups excluding carboxylic acids is 2. The molecule has 0 aliphatic carbocycles. The lowest BCUT2D eigenvalue weighted by Gasteiger charge is -2.27. The Balaban J connectivity index is 2.11. The van der Waals surface area contributed by atoms with Gasteiger partial charge in [0.2, 0.25) is 11.8 Å². The first kappa shape index (κ1) is 23.7. The molecule has 2 rings (SSSR count). The van der Waals surface area contributed by atoms with Gasteiger partial charge in [-0.2, -0.15) is 0 Å². The van der Waals surface area contributed by atoms with Gasteiger partial charge < -0.3 is 19.1 Å². The SMILES string of the molecule is CCCCN(Cc1cccn1Cc1cccc(C)c1)C(=O)CN(CCOC)C(C)=O. The summed E-state index contributed by atoms with van der Waals surface area (Å²) in [5, 5.41) is 0. The second-order valence-corrected chi connectivity index (χ2v) is 7.72. The summed E-state index contributed by atoms with van der Waals surface area (Å²) in [6, 6.07) is 12.6. The number of carbonyl (C=O) groups is 2. The van der Waals surface area contributed by atoms with Gasteiger partial charge in [0.05, 0.1) is 19.7 Å². The van der Waals surface area contributed by atoms with Gasteiger partial charge in [-0.05, 0) is 31.0 Å². The van der Waals surface area contributed by atoms with Crippen LogP contribution in [0.1, 0.15) is 43.5 Å². The molecule has 0 unspecified atom stereocenters. The first-order valence-corrected chi connectivity index (χ1v) is 10.7. The zero-order valence-electron chi connectivity index (χ0n) is 18.8. The fourth-order valence-electron chi connectivity index (χ4n) is 3.40. The van der Waals surface area contributed by atoms with Gasteiger partial charge in [-0.15, -0.1) is 0 Å². The van der Waals surface area contributed by atoms with E-state index in [9.17, 15) is 9.59 Å². The van der Waals surface area contributed by atoms with E-state index in [2.05, 4.69) is 54.9 Å². The average Bonchev–Trinajstić information content (AvgIpc) is 3.14. The molecule has 0 fully saturated rings. The third-order valence-electron chi connectivity index (χ3n) is 5.18. The van der Waals surface area contributed by atoms with Gasteiger partial charge in [0.1, 0.15) is 0 Å². The predicted octanol–water partition coefficient (Wildman–Crippen LogP) is 3.47. The van der Waals surface area contributed by atoms with E-state index >= 15 is 0 Å². The maximum absolute atomic E-state index is 13.0. The number of hydrogen-bond acceptors (Lipinski definition) is 3. The summed E-state index contributed by atoms with van der Waals surface area (Å²) in [7, 11) is 1.59. The fourth-order valence-corrected chi connectivity index (χ4v) is 3.40. The summed E-state index contributed by atoms with van der Waals surface area (Å²) in [5.74, 6) is -0.142. The number of methoxy groups -OCH3 is 1. The van der Waals surface area contributed by atoms with Crippen molar-refractivity contribution in [2.75, 3.05) is 33.4 Å². The van der Waals surface area contributed by atoms with Crippen molar-refractivity contribution in [3.05, 3.63) is 59.4 Å². The number of hydrogen-bond donors (Lipinski definition) is 0. The Hall–Kier alpha value is -2.60. The Labute approximate surface area is 180 Å². The van der Waals surface area contributed by atoms with Gasteiger partial charge in [0, 0.05) is 45.6 Å². The number of aryl methyl sites for hydroxylation is 1. The molecular weight excluding hydrogens is 378 g/mol. The Kier molecular flexibility index (Phi) is 9.61. The molecule has 6 heteroatoms. The van der Waals surface area contributed by atoms with Crippen molar-refractivity contribution in [1.82, 2.24) is 14.4 Å². The summed E-state index contributed by atoms with van der Waals surface area (Å²) in [6.07, 6.45) is 4.00. The molecule has 0 radical (unpaired) electrons. The van der Waals surface area contributed by atoms with Crippen LogP contribution >= 0.6 is 0 Å². The van der Waals surface area contributed by atoms with E-state index in [-0.39, 0.29) is 18.4 Å². The number of aromatic nitrogens is 1. The molecule has 0 bridgehead atoms. The highest BCUT2D eigenvalue weighted by Gasteiger charge is 2.20. The minimum Gasteiger partial charge on any atom is -0.383 e. The second-order valence-electron chi connectivity index (χ2n) is 7.72. The molecule has 2 aromatic rings. The minimum absolute atomic E-state index is 0.0296. The topological polar surface area (TPSA) is 54.8 Å². The maximum Gasteiger partial charge on any atom is 0.242 e. The summed E-state index contributed by atoms with van der Waals surface area (Å²) >= 11 is 0. The first-order chi connectivity index (χ1) is 14.4. The molecule has 0 saturated heterocycles. The molecule has 1 aromatic heterocycles. The molecule has 0 aliphatic heterocycles. The van der Waals surface area contributed by atoms with Gasteiger partial charge in [0.15, 0.2) is 0 Å². The van der Waals surface area contributed by atoms with Gasteiger partial charge >= 0.3 is 0 Å². The van der Waals surface area contributed by atoms with E-state index in [0.29, 0.717) is 26.2 Å². The van der Waals surface area contributed by atoms with Crippen molar-refractivity contribution in [2.45, 2.75) is 46.7 Å². The van der Waals surface area contributed by atoms with Crippen molar-refractivity contribution in [1.29, 1.82) is 0 Å². The van der Waals surface area contributed by atoms with Crippen LogP contribution in [0.4, 0.5) is 0 Å². The molecule has 0 saturated carbocycles. The standard InChI is InChI=1S/C24H35N3O3/c1-5-6-12-27(24(29)19-25(21(3)28)14-15-30-4)18-23-11-8-13-26(23)17-22-10-7-9-20(2)16-22/h7-11,13,16H,5-6,12,14-15,17-19H2,1-4H3. The summed E-state index contributed by atoms with van der Waals surface area (Å²) in [5.41, 5.74) is 3.56. The summed E-state index contributed by atoms with van der Waals surface area (Å²) < 4.78 is 7.26. The van der Waals surface area contributed by atoms with Gasteiger partial charge in [-0.3, -0.25) is 9.59 Å². The van der Waals surface area contributed by atoms with Crippen LogP contribution in [0, 0.1) is 6.92 Å². The molecule has 30 heavy (non-hydrogen) atoms. The van der Waals surface area contributed by atoms with Crippen LogP contribution in [0.15, 0.2) is 42.6 Å². The van der Waals surface area contributed by atoms with Gasteiger partial charge in [0.25, 0.3) is 0 Å². The molecule has 0 atom stereocenters. The molecule has 1 aromatic carbocycles. The lowest BCUT2D eigenvalue weighted by Crippen LogP contribution is -2.43. The van der Waals surface area contributed by atoms with Crippen LogP contribution in [0.5, 0.6) is 0 Å². The van der Waals surface area contributed by atoms with E-state index in [1.807, 2.05) is 11.0 Å². The molecular formula is C24H35N3O3. The number of amides is 2. The fraction of sp³-hybridized carbons (Fsp3) is 0.500. The van der Waals surface area contributed by atoms with Crippen LogP contribution in [0.3, 0.4) is 0 Å². The number of rotatable bonds is 12. The highest BCUT2D eigenvalue weighted by molar-refractivity contribution is 5.83. The van der Waals surface area contributed by atoms with Crippen LogP contribution in [0.2, 0.25) is 0 Å². The van der Waals surface area contributed by atoms with Crippen molar-refractivity contribution in [2.24, 2.45) is 0 Å². The van der Waals surface area contributed by atoms with E-state index in [1.54, 1.807) is 12.0 Å². The van der Waals surface area contributed by atoms with Crippen LogP contribution in [-0.2, 0) is 27.4 Å². The molecule has 164 valence electrons. The number of nitrogens with zero attached hydrogens (tertiary/aromatic N) is 3. The highest BCUT2D eigenvalue weighted by atomic mass is 16.5. The average molecular weight is 414 g/mol. The van der Waals surface area contributed by atoms with Gasteiger partial charge in [-0.25, -0.2) is 0 Å². The Morgan fingerprint density at radius 1 is 1.10 bits per heavy atom. The van der Waals surface area contributed by atoms with E-state index in [4.69, 9.17) is 4.74 Å². The van der Waals surface area contributed by atoms with E-state index in [0.717, 1.165) is 25.1 Å². The smallest absolute Gasteiger partial charge is 0.242 e. The van der Waals surface area contributed by atoms with Crippen LogP contribution in [0.25, 0.3) is 0 Å². The Morgan fingerprint density at radius 2 is 1.90 bits per heavy atom. The predicted molar refractivity (Wildman–Crippen MR) is 119 cm³/mol. The lowest BCUT2D eigenvalue weighted by molar-refractivity contribution is -0.140. The second kappa shape index (κ2) is 12.2. The lowest BCUT2D eigenvalue weighted by atomic mass is 10.1. The third kappa shape index (κ3) is 7.34. The highest BCUT2D eigenvalue weighted by Crippen LogP contribution is 2.13. The zero-order chi connectivity index (χ0) is 21.9. The van der Waals surface area contributed by atoms with E-state index in [1.165, 1.54) is 18.1 Å². The van der Waals surface area contributed by atoms with Crippen molar-refractivity contribution < 1.29 is 14.3 Å². The minimum atomic E-state index is -0.112. The summed E-state index contributed by atoms with van der Waals surface area (Å²) in [6.45, 7) is 8.61. The van der Waals surface area contributed by atoms with Gasteiger partial charge in [-0.1, -0.05) is 43.2 Å². The van der Waals surface area contributed by atoms with Crippen molar-refractivity contribution in [3.8, 4) is 0 Å². The third-order valence-corrected chi connectivity index (χ3v) is 5.18. The van der Waals surface area contributed by atoms with Crippen molar-refractivity contribution >= 4 is 11.8 Å². The molecule has 2 amide bonds.